The standard InChI is InChI=1S/C19H21N7O/c1-2-26-7-5-13(6-8-26)22-19-21-11-14-17(25-19)23-15-4-3-12(10-20)9-16(15)24-18(14)27/h3-4,9,11,13H,2,5-8H2,1H3,(H,24,27)(H2,21,22,23,25). The van der Waals surface area contributed by atoms with E-state index in [4.69, 9.17) is 5.26 Å². The number of nitrogens with one attached hydrogen (secondary N) is 3. The first-order valence-corrected chi connectivity index (χ1v) is 9.14. The van der Waals surface area contributed by atoms with Crippen molar-refractivity contribution in [2.45, 2.75) is 25.8 Å². The normalized spacial score (nSPS) is 17.0. The highest BCUT2D eigenvalue weighted by Gasteiger charge is 2.23. The number of carbonyl (C=O) groups is 1. The van der Waals surface area contributed by atoms with E-state index in [1.165, 1.54) is 6.20 Å². The van der Waals surface area contributed by atoms with E-state index < -0.39 is 0 Å². The van der Waals surface area contributed by atoms with Crippen molar-refractivity contribution in [2.75, 3.05) is 35.6 Å². The Bertz CT molecular complexity index is 913. The van der Waals surface area contributed by atoms with Crippen LogP contribution in [0.15, 0.2) is 24.4 Å². The minimum absolute atomic E-state index is 0.297. The second-order valence-electron chi connectivity index (χ2n) is 6.76. The number of likely N-dealkylation sites (tertiary alicyclic amines) is 1. The number of rotatable bonds is 3. The predicted molar refractivity (Wildman–Crippen MR) is 103 cm³/mol. The number of amides is 1. The number of fused-ring (bicyclic) bond motifs is 2. The molecule has 1 saturated heterocycles. The zero-order valence-electron chi connectivity index (χ0n) is 15.1. The Morgan fingerprint density at radius 1 is 1.30 bits per heavy atom. The molecule has 0 saturated carbocycles. The van der Waals surface area contributed by atoms with E-state index in [1.807, 2.05) is 0 Å². The van der Waals surface area contributed by atoms with Crippen molar-refractivity contribution in [1.82, 2.24) is 14.9 Å². The minimum atomic E-state index is -0.297. The van der Waals surface area contributed by atoms with Gasteiger partial charge in [-0.25, -0.2) is 4.98 Å². The van der Waals surface area contributed by atoms with E-state index in [9.17, 15) is 4.79 Å². The zero-order valence-corrected chi connectivity index (χ0v) is 15.1. The van der Waals surface area contributed by atoms with Crippen molar-refractivity contribution in [3.63, 3.8) is 0 Å². The van der Waals surface area contributed by atoms with Crippen LogP contribution in [0.4, 0.5) is 23.1 Å². The molecule has 2 aromatic rings. The van der Waals surface area contributed by atoms with Gasteiger partial charge in [-0.1, -0.05) is 6.92 Å². The average Bonchev–Trinajstić information content (AvgIpc) is 2.83. The van der Waals surface area contributed by atoms with Crippen LogP contribution in [0.2, 0.25) is 0 Å². The Morgan fingerprint density at radius 2 is 2.11 bits per heavy atom. The Morgan fingerprint density at radius 3 is 2.85 bits per heavy atom. The molecule has 138 valence electrons. The summed E-state index contributed by atoms with van der Waals surface area (Å²) in [5.41, 5.74) is 2.10. The Balaban J connectivity index is 1.56. The molecule has 27 heavy (non-hydrogen) atoms. The summed E-state index contributed by atoms with van der Waals surface area (Å²) in [6.07, 6.45) is 3.62. The van der Waals surface area contributed by atoms with E-state index in [1.54, 1.807) is 18.2 Å². The van der Waals surface area contributed by atoms with Crippen molar-refractivity contribution in [3.05, 3.63) is 35.5 Å². The quantitative estimate of drug-likeness (QED) is 0.769. The molecule has 0 atom stereocenters. The van der Waals surface area contributed by atoms with Gasteiger partial charge in [0.15, 0.2) is 0 Å². The van der Waals surface area contributed by atoms with Gasteiger partial charge in [-0.15, -0.1) is 0 Å². The van der Waals surface area contributed by atoms with Crippen LogP contribution >= 0.6 is 0 Å². The fourth-order valence-corrected chi connectivity index (χ4v) is 3.43. The Labute approximate surface area is 157 Å². The number of nitrogens with zero attached hydrogens (tertiary/aromatic N) is 4. The van der Waals surface area contributed by atoms with Gasteiger partial charge in [0.1, 0.15) is 11.4 Å². The Hall–Kier alpha value is -3.18. The molecule has 0 unspecified atom stereocenters. The molecular weight excluding hydrogens is 342 g/mol. The van der Waals surface area contributed by atoms with E-state index >= 15 is 0 Å². The molecule has 0 radical (unpaired) electrons. The minimum Gasteiger partial charge on any atom is -0.351 e. The van der Waals surface area contributed by atoms with Crippen molar-refractivity contribution < 1.29 is 4.79 Å². The van der Waals surface area contributed by atoms with Crippen LogP contribution in [0.3, 0.4) is 0 Å². The van der Waals surface area contributed by atoms with Crippen molar-refractivity contribution in [3.8, 4) is 6.07 Å². The molecule has 8 nitrogen and oxygen atoms in total. The largest absolute Gasteiger partial charge is 0.351 e. The molecule has 1 aromatic heterocycles. The molecule has 0 aliphatic carbocycles. The molecule has 1 amide bonds. The van der Waals surface area contributed by atoms with Crippen LogP contribution in [-0.2, 0) is 0 Å². The third kappa shape index (κ3) is 3.55. The topological polar surface area (TPSA) is 106 Å². The molecule has 3 N–H and O–H groups in total. The number of hydrogen-bond acceptors (Lipinski definition) is 7. The van der Waals surface area contributed by atoms with Crippen LogP contribution < -0.4 is 16.0 Å². The van der Waals surface area contributed by atoms with Gasteiger partial charge in [0.05, 0.1) is 23.0 Å². The van der Waals surface area contributed by atoms with Crippen LogP contribution in [0.25, 0.3) is 0 Å². The van der Waals surface area contributed by atoms with Gasteiger partial charge in [0, 0.05) is 25.3 Å². The maximum Gasteiger partial charge on any atom is 0.261 e. The van der Waals surface area contributed by atoms with Crippen molar-refractivity contribution in [2.24, 2.45) is 0 Å². The molecule has 4 rings (SSSR count). The second-order valence-corrected chi connectivity index (χ2v) is 6.76. The van der Waals surface area contributed by atoms with E-state index in [0.717, 1.165) is 32.5 Å². The molecular formula is C19H21N7O. The lowest BCUT2D eigenvalue weighted by molar-refractivity contribution is 0.102. The van der Waals surface area contributed by atoms with Gasteiger partial charge in [0.2, 0.25) is 5.95 Å². The number of hydrogen-bond donors (Lipinski definition) is 3. The summed E-state index contributed by atoms with van der Waals surface area (Å²) in [5.74, 6) is 0.676. The van der Waals surface area contributed by atoms with Crippen LogP contribution in [0, 0.1) is 11.3 Å². The number of aromatic nitrogens is 2. The Kier molecular flexibility index (Phi) is 4.60. The lowest BCUT2D eigenvalue weighted by Crippen LogP contribution is -2.39. The number of piperidine rings is 1. The number of anilines is 4. The predicted octanol–water partition coefficient (Wildman–Crippen LogP) is 2.55. The van der Waals surface area contributed by atoms with Crippen molar-refractivity contribution in [1.29, 1.82) is 5.26 Å². The summed E-state index contributed by atoms with van der Waals surface area (Å²) in [6.45, 7) is 5.38. The maximum atomic E-state index is 12.5. The first-order valence-electron chi connectivity index (χ1n) is 9.14. The summed E-state index contributed by atoms with van der Waals surface area (Å²) in [4.78, 5) is 23.8. The summed E-state index contributed by atoms with van der Waals surface area (Å²) in [7, 11) is 0. The maximum absolute atomic E-state index is 12.5. The number of nitriles is 1. The molecule has 0 bridgehead atoms. The molecule has 1 aromatic carbocycles. The van der Waals surface area contributed by atoms with E-state index in [0.29, 0.717) is 40.3 Å². The van der Waals surface area contributed by atoms with Gasteiger partial charge in [0.25, 0.3) is 5.91 Å². The van der Waals surface area contributed by atoms with Crippen LogP contribution in [0.1, 0.15) is 35.7 Å². The van der Waals surface area contributed by atoms with Gasteiger partial charge in [-0.05, 0) is 37.6 Å². The highest BCUT2D eigenvalue weighted by molar-refractivity contribution is 6.11. The SMILES string of the molecule is CCN1CCC(Nc2ncc3c(n2)Nc2ccc(C#N)cc2NC3=O)CC1. The van der Waals surface area contributed by atoms with Gasteiger partial charge in [-0.3, -0.25) is 4.79 Å². The molecule has 2 aliphatic heterocycles. The number of benzene rings is 1. The highest BCUT2D eigenvalue weighted by Crippen LogP contribution is 2.31. The molecule has 0 spiro atoms. The number of carbonyl (C=O) groups excluding carboxylic acids is 1. The smallest absolute Gasteiger partial charge is 0.261 e. The van der Waals surface area contributed by atoms with Crippen LogP contribution in [0.5, 0.6) is 0 Å². The lowest BCUT2D eigenvalue weighted by atomic mass is 10.1. The van der Waals surface area contributed by atoms with Crippen molar-refractivity contribution >= 4 is 29.0 Å². The fourth-order valence-electron chi connectivity index (χ4n) is 3.43. The third-order valence-electron chi connectivity index (χ3n) is 5.05. The highest BCUT2D eigenvalue weighted by atomic mass is 16.1. The van der Waals surface area contributed by atoms with E-state index in [-0.39, 0.29) is 5.91 Å². The van der Waals surface area contributed by atoms with Gasteiger partial charge >= 0.3 is 0 Å². The summed E-state index contributed by atoms with van der Waals surface area (Å²) < 4.78 is 0. The second kappa shape index (κ2) is 7.21. The van der Waals surface area contributed by atoms with Crippen LogP contribution in [-0.4, -0.2) is 46.5 Å². The third-order valence-corrected chi connectivity index (χ3v) is 5.05. The van der Waals surface area contributed by atoms with Gasteiger partial charge in [-0.2, -0.15) is 10.2 Å². The first-order chi connectivity index (χ1) is 13.2. The monoisotopic (exact) mass is 363 g/mol. The zero-order chi connectivity index (χ0) is 18.8. The molecule has 8 heteroatoms. The molecule has 3 heterocycles. The average molecular weight is 363 g/mol. The molecule has 1 fully saturated rings. The first kappa shape index (κ1) is 17.2. The fraction of sp³-hybridized carbons (Fsp3) is 0.368. The van der Waals surface area contributed by atoms with E-state index in [2.05, 4.69) is 43.8 Å². The summed E-state index contributed by atoms with van der Waals surface area (Å²) >= 11 is 0. The van der Waals surface area contributed by atoms with Gasteiger partial charge < -0.3 is 20.9 Å². The lowest BCUT2D eigenvalue weighted by Gasteiger charge is -2.31. The summed E-state index contributed by atoms with van der Waals surface area (Å²) in [5, 5.41) is 18.4. The molecule has 2 aliphatic rings. The summed E-state index contributed by atoms with van der Waals surface area (Å²) in [6, 6.07) is 7.51.